The van der Waals surface area contributed by atoms with Gasteiger partial charge in [0.2, 0.25) is 0 Å². The van der Waals surface area contributed by atoms with Crippen molar-refractivity contribution in [3.63, 3.8) is 0 Å². The molecule has 1 unspecified atom stereocenters. The highest BCUT2D eigenvalue weighted by atomic mass is 79.9. The molecule has 1 aliphatic heterocycles. The quantitative estimate of drug-likeness (QED) is 0.396. The number of alkyl halides is 1. The number of nitro groups is 1. The van der Waals surface area contributed by atoms with Crippen LogP contribution in [0.2, 0.25) is 0 Å². The number of hydrogen-bond acceptors (Lipinski definition) is 6. The van der Waals surface area contributed by atoms with Gasteiger partial charge in [0.05, 0.1) is 22.1 Å². The monoisotopic (exact) mass is 383 g/mol. The van der Waals surface area contributed by atoms with Crippen molar-refractivity contribution in [1.29, 1.82) is 0 Å². The average molecular weight is 384 g/mol. The zero-order valence-corrected chi connectivity index (χ0v) is 13.0. The van der Waals surface area contributed by atoms with E-state index in [1.54, 1.807) is 0 Å². The standard InChI is InChI=1S/C13H10BrN3O6/c14-5-8-10(12(18)19)9(11(13(20)21)16-15-8)6-2-1-3-7(4-6)17(22)23/h1-4,9,15H,5H2,(H,18,19)(H,20,21). The van der Waals surface area contributed by atoms with Crippen molar-refractivity contribution in [1.82, 2.24) is 5.43 Å². The maximum absolute atomic E-state index is 11.6. The predicted octanol–water partition coefficient (Wildman–Crippen LogP) is 1.46. The number of carboxylic acids is 2. The van der Waals surface area contributed by atoms with Crippen LogP contribution in [0.3, 0.4) is 0 Å². The summed E-state index contributed by atoms with van der Waals surface area (Å²) in [6.07, 6.45) is 0. The molecule has 0 saturated carbocycles. The van der Waals surface area contributed by atoms with Gasteiger partial charge in [-0.05, 0) is 5.56 Å². The number of hydrogen-bond donors (Lipinski definition) is 3. The summed E-state index contributed by atoms with van der Waals surface area (Å²) < 4.78 is 0. The highest BCUT2D eigenvalue weighted by Gasteiger charge is 2.37. The van der Waals surface area contributed by atoms with Gasteiger partial charge in [0, 0.05) is 17.5 Å². The van der Waals surface area contributed by atoms with E-state index >= 15 is 0 Å². The van der Waals surface area contributed by atoms with Crippen LogP contribution in [-0.4, -0.2) is 38.1 Å². The second kappa shape index (κ2) is 6.57. The van der Waals surface area contributed by atoms with Crippen LogP contribution in [0.25, 0.3) is 0 Å². The maximum atomic E-state index is 11.6. The number of allylic oxidation sites excluding steroid dienone is 1. The lowest BCUT2D eigenvalue weighted by atomic mass is 9.84. The Morgan fingerprint density at radius 3 is 2.57 bits per heavy atom. The Labute approximate surface area is 137 Å². The van der Waals surface area contributed by atoms with E-state index in [0.29, 0.717) is 0 Å². The zero-order valence-electron chi connectivity index (χ0n) is 11.4. The molecule has 0 aliphatic carbocycles. The number of nitro benzene ring substituents is 1. The van der Waals surface area contributed by atoms with Crippen molar-refractivity contribution in [2.24, 2.45) is 5.10 Å². The van der Waals surface area contributed by atoms with Crippen molar-refractivity contribution in [3.8, 4) is 0 Å². The number of carboxylic acid groups (broad SMARTS) is 2. The molecule has 2 rings (SSSR count). The maximum Gasteiger partial charge on any atom is 0.353 e. The van der Waals surface area contributed by atoms with Crippen LogP contribution in [-0.2, 0) is 9.59 Å². The van der Waals surface area contributed by atoms with Crippen LogP contribution in [0, 0.1) is 10.1 Å². The van der Waals surface area contributed by atoms with Gasteiger partial charge in [0.25, 0.3) is 5.69 Å². The van der Waals surface area contributed by atoms with Gasteiger partial charge in [-0.3, -0.25) is 15.5 Å². The van der Waals surface area contributed by atoms with Gasteiger partial charge >= 0.3 is 11.9 Å². The predicted molar refractivity (Wildman–Crippen MR) is 82.5 cm³/mol. The lowest BCUT2D eigenvalue weighted by Crippen LogP contribution is -2.35. The number of halogens is 1. The van der Waals surface area contributed by atoms with Crippen molar-refractivity contribution in [2.45, 2.75) is 5.92 Å². The number of aliphatic carboxylic acids is 2. The van der Waals surface area contributed by atoms with Crippen LogP contribution < -0.4 is 5.43 Å². The zero-order chi connectivity index (χ0) is 17.1. The smallest absolute Gasteiger partial charge is 0.353 e. The fourth-order valence-electron chi connectivity index (χ4n) is 2.23. The Morgan fingerprint density at radius 1 is 1.35 bits per heavy atom. The molecule has 0 fully saturated rings. The van der Waals surface area contributed by atoms with E-state index in [1.165, 1.54) is 18.2 Å². The van der Waals surface area contributed by atoms with Crippen molar-refractivity contribution >= 4 is 39.3 Å². The van der Waals surface area contributed by atoms with E-state index < -0.39 is 28.5 Å². The van der Waals surface area contributed by atoms with E-state index in [-0.39, 0.29) is 27.9 Å². The molecule has 10 heteroatoms. The fourth-order valence-corrected chi connectivity index (χ4v) is 2.66. The minimum Gasteiger partial charge on any atom is -0.478 e. The largest absolute Gasteiger partial charge is 0.478 e. The third kappa shape index (κ3) is 3.21. The summed E-state index contributed by atoms with van der Waals surface area (Å²) in [5, 5.41) is 33.4. The number of rotatable bonds is 5. The Kier molecular flexibility index (Phi) is 4.74. The summed E-state index contributed by atoms with van der Waals surface area (Å²) in [6.45, 7) is 0. The SMILES string of the molecule is O=C(O)C1=NNC(CBr)=C(C(=O)O)C1c1cccc([N+](=O)[O-])c1. The van der Waals surface area contributed by atoms with Crippen LogP contribution in [0.4, 0.5) is 5.69 Å². The average Bonchev–Trinajstić information content (AvgIpc) is 2.53. The highest BCUT2D eigenvalue weighted by Crippen LogP contribution is 2.33. The van der Waals surface area contributed by atoms with Gasteiger partial charge in [0.1, 0.15) is 0 Å². The Bertz CT molecular complexity index is 758. The summed E-state index contributed by atoms with van der Waals surface area (Å²) in [6, 6.07) is 5.17. The summed E-state index contributed by atoms with van der Waals surface area (Å²) in [5.41, 5.74) is 1.79. The molecule has 9 nitrogen and oxygen atoms in total. The van der Waals surface area contributed by atoms with E-state index in [2.05, 4.69) is 26.5 Å². The van der Waals surface area contributed by atoms with Crippen molar-refractivity contribution in [3.05, 3.63) is 51.2 Å². The van der Waals surface area contributed by atoms with Crippen LogP contribution in [0.15, 0.2) is 40.6 Å². The molecule has 0 bridgehead atoms. The third-order valence-corrected chi connectivity index (χ3v) is 3.76. The van der Waals surface area contributed by atoms with Crippen LogP contribution in [0.1, 0.15) is 11.5 Å². The number of non-ortho nitro benzene ring substituents is 1. The Hall–Kier alpha value is -2.75. The number of hydrazone groups is 1. The molecular formula is C13H10BrN3O6. The van der Waals surface area contributed by atoms with Crippen molar-refractivity contribution in [2.75, 3.05) is 5.33 Å². The molecule has 0 saturated heterocycles. The molecule has 120 valence electrons. The normalized spacial score (nSPS) is 17.3. The summed E-state index contributed by atoms with van der Waals surface area (Å²) in [4.78, 5) is 33.2. The number of carbonyl (C=O) groups is 2. The third-order valence-electron chi connectivity index (χ3n) is 3.20. The first-order chi connectivity index (χ1) is 10.9. The summed E-state index contributed by atoms with van der Waals surface area (Å²) in [5.74, 6) is -3.97. The molecule has 23 heavy (non-hydrogen) atoms. The minimum atomic E-state index is -1.42. The molecular weight excluding hydrogens is 374 g/mol. The van der Waals surface area contributed by atoms with Gasteiger partial charge < -0.3 is 10.2 Å². The lowest BCUT2D eigenvalue weighted by Gasteiger charge is -2.24. The van der Waals surface area contributed by atoms with E-state index in [9.17, 15) is 29.9 Å². The second-order valence-electron chi connectivity index (χ2n) is 4.53. The number of nitrogens with zero attached hydrogens (tertiary/aromatic N) is 2. The van der Waals surface area contributed by atoms with Crippen molar-refractivity contribution < 1.29 is 24.7 Å². The first-order valence-electron chi connectivity index (χ1n) is 6.20. The molecule has 1 aromatic carbocycles. The molecule has 3 N–H and O–H groups in total. The first kappa shape index (κ1) is 16.6. The summed E-state index contributed by atoms with van der Waals surface area (Å²) in [7, 11) is 0. The number of benzene rings is 1. The van der Waals surface area contributed by atoms with E-state index in [4.69, 9.17) is 0 Å². The molecule has 0 radical (unpaired) electrons. The molecule has 0 amide bonds. The van der Waals surface area contributed by atoms with Gasteiger partial charge in [0.15, 0.2) is 5.71 Å². The Morgan fingerprint density at radius 2 is 2.04 bits per heavy atom. The molecule has 0 spiro atoms. The van der Waals surface area contributed by atoms with Gasteiger partial charge in [-0.15, -0.1) is 0 Å². The molecule has 0 aromatic heterocycles. The number of nitrogens with one attached hydrogen (secondary N) is 1. The topological polar surface area (TPSA) is 142 Å². The lowest BCUT2D eigenvalue weighted by molar-refractivity contribution is -0.384. The van der Waals surface area contributed by atoms with Gasteiger partial charge in [-0.1, -0.05) is 28.1 Å². The fraction of sp³-hybridized carbons (Fsp3) is 0.154. The minimum absolute atomic E-state index is 0.108. The first-order valence-corrected chi connectivity index (χ1v) is 7.32. The highest BCUT2D eigenvalue weighted by molar-refractivity contribution is 9.09. The Balaban J connectivity index is 2.66. The molecule has 1 heterocycles. The molecule has 1 aliphatic rings. The second-order valence-corrected chi connectivity index (χ2v) is 5.09. The summed E-state index contributed by atoms with van der Waals surface area (Å²) >= 11 is 3.11. The van der Waals surface area contributed by atoms with Gasteiger partial charge in [-0.2, -0.15) is 5.10 Å². The molecule has 1 aromatic rings. The molecule has 1 atom stereocenters. The van der Waals surface area contributed by atoms with E-state index in [1.807, 2.05) is 0 Å². The van der Waals surface area contributed by atoms with Crippen LogP contribution >= 0.6 is 15.9 Å². The van der Waals surface area contributed by atoms with Gasteiger partial charge in [-0.25, -0.2) is 9.59 Å². The van der Waals surface area contributed by atoms with Crippen LogP contribution in [0.5, 0.6) is 0 Å². The van der Waals surface area contributed by atoms with E-state index in [0.717, 1.165) is 6.07 Å².